The van der Waals surface area contributed by atoms with Crippen LogP contribution in [0.1, 0.15) is 40.0 Å². The first-order valence-corrected chi connectivity index (χ1v) is 7.67. The van der Waals surface area contributed by atoms with E-state index in [0.717, 1.165) is 13.0 Å². The number of nitrogens with one attached hydrogen (secondary N) is 1. The lowest BCUT2D eigenvalue weighted by Crippen LogP contribution is -2.37. The fourth-order valence-electron chi connectivity index (χ4n) is 3.96. The largest absolute Gasteiger partial charge is 0.401 e. The molecular weight excluding hydrogens is 265 g/mol. The maximum absolute atomic E-state index is 12.3. The fourth-order valence-corrected chi connectivity index (χ4v) is 3.96. The molecule has 1 aliphatic heterocycles. The van der Waals surface area contributed by atoms with E-state index in [1.54, 1.807) is 0 Å². The van der Waals surface area contributed by atoms with Crippen molar-refractivity contribution in [2.75, 3.05) is 26.2 Å². The molecule has 1 saturated carbocycles. The van der Waals surface area contributed by atoms with Crippen LogP contribution in [0.25, 0.3) is 0 Å². The smallest absolute Gasteiger partial charge is 0.313 e. The normalized spacial score (nSPS) is 34.8. The monoisotopic (exact) mass is 292 g/mol. The van der Waals surface area contributed by atoms with E-state index in [4.69, 9.17) is 0 Å². The van der Waals surface area contributed by atoms with Crippen LogP contribution in [0.2, 0.25) is 0 Å². The molecule has 5 heteroatoms. The van der Waals surface area contributed by atoms with Gasteiger partial charge in [0.2, 0.25) is 0 Å². The molecule has 1 N–H and O–H groups in total. The molecule has 0 aromatic heterocycles. The molecule has 2 rings (SSSR count). The molecule has 0 radical (unpaired) electrons. The average molecular weight is 292 g/mol. The molecule has 2 aliphatic rings. The van der Waals surface area contributed by atoms with Gasteiger partial charge in [0.25, 0.3) is 0 Å². The fraction of sp³-hybridized carbons (Fsp3) is 1.00. The van der Waals surface area contributed by atoms with Crippen LogP contribution in [0.15, 0.2) is 0 Å². The van der Waals surface area contributed by atoms with Gasteiger partial charge in [0.05, 0.1) is 6.54 Å². The minimum atomic E-state index is -4.06. The van der Waals surface area contributed by atoms with Crippen LogP contribution < -0.4 is 5.32 Å². The van der Waals surface area contributed by atoms with E-state index in [1.807, 2.05) is 0 Å². The van der Waals surface area contributed by atoms with Gasteiger partial charge in [0, 0.05) is 12.6 Å². The van der Waals surface area contributed by atoms with Crippen molar-refractivity contribution in [2.45, 2.75) is 52.3 Å². The number of hydrogen-bond acceptors (Lipinski definition) is 2. The predicted octanol–water partition coefficient (Wildman–Crippen LogP) is 3.28. The zero-order chi connectivity index (χ0) is 15.0. The van der Waals surface area contributed by atoms with Crippen molar-refractivity contribution >= 4 is 0 Å². The quantitative estimate of drug-likeness (QED) is 0.855. The first-order valence-electron chi connectivity index (χ1n) is 7.67. The summed E-state index contributed by atoms with van der Waals surface area (Å²) in [7, 11) is 0. The standard InChI is InChI=1S/C15H27F3N2/c1-11-6-14(2,3)7-13(11)19-8-12-4-5-20(9-12)10-15(16,17)18/h11-13,19H,4-10H2,1-3H3. The highest BCUT2D eigenvalue weighted by molar-refractivity contribution is 4.92. The second kappa shape index (κ2) is 5.84. The summed E-state index contributed by atoms with van der Waals surface area (Å²) in [5, 5.41) is 3.60. The Hall–Kier alpha value is -0.290. The molecule has 3 unspecified atom stereocenters. The number of likely N-dealkylation sites (tertiary alicyclic amines) is 1. The van der Waals surface area contributed by atoms with Crippen molar-refractivity contribution < 1.29 is 13.2 Å². The SMILES string of the molecule is CC1CC(C)(C)CC1NCC1CCN(CC(F)(F)F)C1. The maximum atomic E-state index is 12.3. The van der Waals surface area contributed by atoms with Gasteiger partial charge in [0.1, 0.15) is 0 Å². The predicted molar refractivity (Wildman–Crippen MR) is 74.6 cm³/mol. The number of rotatable bonds is 4. The molecule has 1 aliphatic carbocycles. The molecule has 0 amide bonds. The summed E-state index contributed by atoms with van der Waals surface area (Å²) < 4.78 is 37.0. The highest BCUT2D eigenvalue weighted by Gasteiger charge is 2.37. The van der Waals surface area contributed by atoms with Crippen molar-refractivity contribution in [3.05, 3.63) is 0 Å². The average Bonchev–Trinajstić information content (AvgIpc) is 2.77. The number of hydrogen-bond donors (Lipinski definition) is 1. The first-order chi connectivity index (χ1) is 9.15. The Morgan fingerprint density at radius 2 is 1.95 bits per heavy atom. The van der Waals surface area contributed by atoms with Gasteiger partial charge in [-0.3, -0.25) is 4.90 Å². The minimum absolute atomic E-state index is 0.369. The Bertz CT molecular complexity index is 328. The van der Waals surface area contributed by atoms with E-state index in [9.17, 15) is 13.2 Å². The summed E-state index contributed by atoms with van der Waals surface area (Å²) in [4.78, 5) is 1.54. The molecule has 2 nitrogen and oxygen atoms in total. The molecule has 0 aromatic rings. The van der Waals surface area contributed by atoms with Crippen LogP contribution in [-0.4, -0.2) is 43.3 Å². The van der Waals surface area contributed by atoms with Crippen LogP contribution in [0.5, 0.6) is 0 Å². The van der Waals surface area contributed by atoms with Crippen molar-refractivity contribution in [1.82, 2.24) is 10.2 Å². The van der Waals surface area contributed by atoms with E-state index < -0.39 is 12.7 Å². The Labute approximate surface area is 120 Å². The van der Waals surface area contributed by atoms with E-state index >= 15 is 0 Å². The number of alkyl halides is 3. The van der Waals surface area contributed by atoms with Crippen LogP contribution in [0.4, 0.5) is 13.2 Å². The lowest BCUT2D eigenvalue weighted by Gasteiger charge is -2.22. The van der Waals surface area contributed by atoms with E-state index in [-0.39, 0.29) is 0 Å². The van der Waals surface area contributed by atoms with Crippen molar-refractivity contribution in [3.8, 4) is 0 Å². The summed E-state index contributed by atoms with van der Waals surface area (Å²) in [6.45, 7) is 8.14. The van der Waals surface area contributed by atoms with Crippen LogP contribution in [0.3, 0.4) is 0 Å². The van der Waals surface area contributed by atoms with Gasteiger partial charge in [-0.25, -0.2) is 0 Å². The van der Waals surface area contributed by atoms with Gasteiger partial charge >= 0.3 is 6.18 Å². The summed E-state index contributed by atoms with van der Waals surface area (Å²) in [5.41, 5.74) is 0.398. The lowest BCUT2D eigenvalue weighted by molar-refractivity contribution is -0.143. The molecular formula is C15H27F3N2. The van der Waals surface area contributed by atoms with Crippen molar-refractivity contribution in [2.24, 2.45) is 17.3 Å². The maximum Gasteiger partial charge on any atom is 0.401 e. The zero-order valence-corrected chi connectivity index (χ0v) is 12.8. The van der Waals surface area contributed by atoms with Crippen LogP contribution in [-0.2, 0) is 0 Å². The molecule has 20 heavy (non-hydrogen) atoms. The summed E-state index contributed by atoms with van der Waals surface area (Å²) in [5.74, 6) is 1.03. The third kappa shape index (κ3) is 4.62. The molecule has 0 spiro atoms. The highest BCUT2D eigenvalue weighted by atomic mass is 19.4. The summed E-state index contributed by atoms with van der Waals surface area (Å²) in [6, 6.07) is 0.529. The van der Waals surface area contributed by atoms with Crippen LogP contribution in [0, 0.1) is 17.3 Å². The topological polar surface area (TPSA) is 15.3 Å². The Morgan fingerprint density at radius 3 is 2.50 bits per heavy atom. The van der Waals surface area contributed by atoms with Crippen molar-refractivity contribution in [3.63, 3.8) is 0 Å². The third-order valence-corrected chi connectivity index (χ3v) is 4.78. The molecule has 118 valence electrons. The summed E-state index contributed by atoms with van der Waals surface area (Å²) in [6.07, 6.45) is -0.775. The molecule has 2 fully saturated rings. The van der Waals surface area contributed by atoms with Gasteiger partial charge in [-0.15, -0.1) is 0 Å². The number of nitrogens with zero attached hydrogens (tertiary/aromatic N) is 1. The summed E-state index contributed by atoms with van der Waals surface area (Å²) >= 11 is 0. The minimum Gasteiger partial charge on any atom is -0.313 e. The van der Waals surface area contributed by atoms with E-state index in [0.29, 0.717) is 36.4 Å². The Balaban J connectivity index is 1.71. The molecule has 1 saturated heterocycles. The van der Waals surface area contributed by atoms with Crippen molar-refractivity contribution in [1.29, 1.82) is 0 Å². The highest BCUT2D eigenvalue weighted by Crippen LogP contribution is 2.40. The molecule has 1 heterocycles. The van der Waals surface area contributed by atoms with E-state index in [2.05, 4.69) is 26.1 Å². The molecule has 3 atom stereocenters. The Kier molecular flexibility index (Phi) is 4.69. The van der Waals surface area contributed by atoms with E-state index in [1.165, 1.54) is 17.7 Å². The number of halogens is 3. The Morgan fingerprint density at radius 1 is 1.25 bits per heavy atom. The second-order valence-corrected chi connectivity index (χ2v) is 7.57. The second-order valence-electron chi connectivity index (χ2n) is 7.57. The molecule has 0 aromatic carbocycles. The van der Waals surface area contributed by atoms with Gasteiger partial charge in [-0.1, -0.05) is 20.8 Å². The third-order valence-electron chi connectivity index (χ3n) is 4.78. The zero-order valence-electron chi connectivity index (χ0n) is 12.8. The van der Waals surface area contributed by atoms with Gasteiger partial charge in [-0.2, -0.15) is 13.2 Å². The molecule has 0 bridgehead atoms. The lowest BCUT2D eigenvalue weighted by atomic mass is 9.91. The van der Waals surface area contributed by atoms with Gasteiger partial charge in [-0.05, 0) is 49.6 Å². The van der Waals surface area contributed by atoms with Gasteiger partial charge in [0.15, 0.2) is 0 Å². The van der Waals surface area contributed by atoms with Gasteiger partial charge < -0.3 is 5.32 Å². The first kappa shape index (κ1) is 16.1. The van der Waals surface area contributed by atoms with Crippen LogP contribution >= 0.6 is 0 Å².